The van der Waals surface area contributed by atoms with Crippen LogP contribution in [0.3, 0.4) is 0 Å². The van der Waals surface area contributed by atoms with Crippen LogP contribution in [-0.2, 0) is 10.0 Å². The number of nitrogens with zero attached hydrogens (tertiary/aromatic N) is 1. The summed E-state index contributed by atoms with van der Waals surface area (Å²) < 4.78 is 47.7. The first-order chi connectivity index (χ1) is 7.20. The van der Waals surface area contributed by atoms with E-state index in [0.29, 0.717) is 17.8 Å². The topological polar surface area (TPSA) is 63.4 Å². The van der Waals surface area contributed by atoms with Gasteiger partial charge in [-0.3, -0.25) is 0 Å². The molecule has 1 rings (SSSR count). The molecule has 16 heavy (non-hydrogen) atoms. The van der Waals surface area contributed by atoms with Crippen LogP contribution in [0.5, 0.6) is 0 Å². The van der Waals surface area contributed by atoms with Gasteiger partial charge in [-0.2, -0.15) is 13.1 Å². The van der Waals surface area contributed by atoms with E-state index in [1.807, 2.05) is 6.92 Å². The number of rotatable bonds is 3. The quantitative estimate of drug-likeness (QED) is 0.776. The zero-order valence-electron chi connectivity index (χ0n) is 8.82. The molecule has 2 N–H and O–H groups in total. The van der Waals surface area contributed by atoms with Gasteiger partial charge in [0.25, 0.3) is 10.0 Å². The molecule has 1 heterocycles. The Morgan fingerprint density at radius 2 is 1.88 bits per heavy atom. The minimum absolute atomic E-state index is 0.0422. The molecular formula is C8H14F2N2O2S2. The van der Waals surface area contributed by atoms with Crippen molar-refractivity contribution in [1.82, 2.24) is 4.31 Å². The maximum absolute atomic E-state index is 12.3. The van der Waals surface area contributed by atoms with Crippen molar-refractivity contribution in [3.8, 4) is 0 Å². The summed E-state index contributed by atoms with van der Waals surface area (Å²) >= 11 is 4.87. The lowest BCUT2D eigenvalue weighted by molar-refractivity contribution is 0.195. The van der Waals surface area contributed by atoms with Crippen molar-refractivity contribution >= 4 is 27.2 Å². The van der Waals surface area contributed by atoms with E-state index in [9.17, 15) is 17.2 Å². The van der Waals surface area contributed by atoms with Gasteiger partial charge in [0.15, 0.2) is 0 Å². The van der Waals surface area contributed by atoms with Gasteiger partial charge in [0.2, 0.25) is 0 Å². The molecule has 0 spiro atoms. The minimum atomic E-state index is -4.46. The van der Waals surface area contributed by atoms with Crippen molar-refractivity contribution in [3.05, 3.63) is 0 Å². The molecule has 0 aromatic rings. The molecule has 0 radical (unpaired) electrons. The van der Waals surface area contributed by atoms with Crippen LogP contribution in [0, 0.1) is 5.41 Å². The van der Waals surface area contributed by atoms with Crippen LogP contribution in [0.4, 0.5) is 8.78 Å². The van der Waals surface area contributed by atoms with Gasteiger partial charge in [0.05, 0.1) is 4.99 Å². The number of halogens is 2. The summed E-state index contributed by atoms with van der Waals surface area (Å²) in [6.07, 6.45) is 0.766. The summed E-state index contributed by atoms with van der Waals surface area (Å²) in [5.74, 6) is -3.36. The van der Waals surface area contributed by atoms with E-state index in [0.717, 1.165) is 4.31 Å². The standard InChI is InChI=1S/C8H14F2N2O2S2/c1-8(6(11)15)2-4-12(5-3-8)16(13,14)7(9)10/h7H,2-5H2,1H3,(H2,11,15). The highest BCUT2D eigenvalue weighted by molar-refractivity contribution is 7.89. The molecule has 94 valence electrons. The normalized spacial score (nSPS) is 22.2. The molecule has 4 nitrogen and oxygen atoms in total. The van der Waals surface area contributed by atoms with E-state index >= 15 is 0 Å². The van der Waals surface area contributed by atoms with Crippen molar-refractivity contribution in [2.24, 2.45) is 11.1 Å². The maximum Gasteiger partial charge on any atom is 0.350 e. The Bertz CT molecular complexity index is 375. The predicted molar refractivity (Wildman–Crippen MR) is 60.6 cm³/mol. The second-order valence-corrected chi connectivity index (χ2v) is 6.47. The van der Waals surface area contributed by atoms with E-state index < -0.39 is 21.2 Å². The summed E-state index contributed by atoms with van der Waals surface area (Å²) in [6, 6.07) is 0. The molecule has 0 aromatic heterocycles. The summed E-state index contributed by atoms with van der Waals surface area (Å²) in [5, 5.41) is 0. The molecule has 1 fully saturated rings. The molecule has 0 bridgehead atoms. The highest BCUT2D eigenvalue weighted by atomic mass is 32.2. The summed E-state index contributed by atoms with van der Waals surface area (Å²) in [6.45, 7) is 1.91. The SMILES string of the molecule is CC1(C(N)=S)CCN(S(=O)(=O)C(F)F)CC1. The second kappa shape index (κ2) is 4.50. The highest BCUT2D eigenvalue weighted by Gasteiger charge is 2.39. The third-order valence-electron chi connectivity index (χ3n) is 3.01. The zero-order chi connectivity index (χ0) is 12.6. The first-order valence-corrected chi connectivity index (χ1v) is 6.68. The average molecular weight is 272 g/mol. The Morgan fingerprint density at radius 1 is 1.44 bits per heavy atom. The first kappa shape index (κ1) is 13.7. The lowest BCUT2D eigenvalue weighted by Crippen LogP contribution is -2.47. The fourth-order valence-corrected chi connectivity index (χ4v) is 2.71. The van der Waals surface area contributed by atoms with Crippen LogP contribution in [0.15, 0.2) is 0 Å². The Hall–Kier alpha value is -0.340. The van der Waals surface area contributed by atoms with Gasteiger partial charge in [-0.25, -0.2) is 8.42 Å². The second-order valence-electron chi connectivity index (χ2n) is 4.13. The number of hydrogen-bond donors (Lipinski definition) is 1. The van der Waals surface area contributed by atoms with Gasteiger partial charge >= 0.3 is 5.76 Å². The van der Waals surface area contributed by atoms with Gasteiger partial charge in [0.1, 0.15) is 0 Å². The summed E-state index contributed by atoms with van der Waals surface area (Å²) in [5.41, 5.74) is 5.10. The molecular weight excluding hydrogens is 258 g/mol. The Kier molecular flexibility index (Phi) is 3.86. The van der Waals surface area contributed by atoms with Gasteiger partial charge in [-0.15, -0.1) is 0 Å². The van der Waals surface area contributed by atoms with Crippen LogP contribution in [0.25, 0.3) is 0 Å². The van der Waals surface area contributed by atoms with Gasteiger partial charge < -0.3 is 5.73 Å². The van der Waals surface area contributed by atoms with Gasteiger partial charge in [-0.05, 0) is 12.8 Å². The van der Waals surface area contributed by atoms with Crippen molar-refractivity contribution in [3.63, 3.8) is 0 Å². The van der Waals surface area contributed by atoms with Crippen LogP contribution >= 0.6 is 12.2 Å². The Labute approximate surface area is 98.8 Å². The molecule has 0 unspecified atom stereocenters. The van der Waals surface area contributed by atoms with E-state index in [2.05, 4.69) is 0 Å². The first-order valence-electron chi connectivity index (χ1n) is 4.77. The average Bonchev–Trinajstić information content (AvgIpc) is 2.18. The third-order valence-corrected chi connectivity index (χ3v) is 5.03. The molecule has 1 aliphatic rings. The minimum Gasteiger partial charge on any atom is -0.393 e. The molecule has 8 heteroatoms. The highest BCUT2D eigenvalue weighted by Crippen LogP contribution is 2.33. The zero-order valence-corrected chi connectivity index (χ0v) is 10.5. The number of thiocarbonyl (C=S) groups is 1. The van der Waals surface area contributed by atoms with Crippen molar-refractivity contribution < 1.29 is 17.2 Å². The summed E-state index contributed by atoms with van der Waals surface area (Å²) in [4.78, 5) is 0.307. The fourth-order valence-electron chi connectivity index (χ4n) is 1.59. The Balaban J connectivity index is 2.73. The smallest absolute Gasteiger partial charge is 0.350 e. The lowest BCUT2D eigenvalue weighted by atomic mass is 9.81. The van der Waals surface area contributed by atoms with Crippen molar-refractivity contribution in [2.45, 2.75) is 25.5 Å². The van der Waals surface area contributed by atoms with E-state index in [-0.39, 0.29) is 13.1 Å². The number of alkyl halides is 2. The lowest BCUT2D eigenvalue weighted by Gasteiger charge is -2.37. The van der Waals surface area contributed by atoms with E-state index in [4.69, 9.17) is 18.0 Å². The van der Waals surface area contributed by atoms with Crippen molar-refractivity contribution in [1.29, 1.82) is 0 Å². The number of hydrogen-bond acceptors (Lipinski definition) is 3. The predicted octanol–water partition coefficient (Wildman–Crippen LogP) is 0.927. The van der Waals surface area contributed by atoms with Gasteiger partial charge in [-0.1, -0.05) is 19.1 Å². The molecule has 1 saturated heterocycles. The van der Waals surface area contributed by atoms with Crippen molar-refractivity contribution in [2.75, 3.05) is 13.1 Å². The third kappa shape index (κ3) is 2.49. The molecule has 0 aliphatic carbocycles. The molecule has 1 aliphatic heterocycles. The number of nitrogens with two attached hydrogens (primary N) is 1. The molecule has 0 atom stereocenters. The van der Waals surface area contributed by atoms with Crippen LogP contribution in [-0.4, -0.2) is 36.6 Å². The fraction of sp³-hybridized carbons (Fsp3) is 0.875. The summed E-state index contributed by atoms with van der Waals surface area (Å²) in [7, 11) is -4.46. The Morgan fingerprint density at radius 3 is 2.19 bits per heavy atom. The van der Waals surface area contributed by atoms with Crippen LogP contribution in [0.1, 0.15) is 19.8 Å². The van der Waals surface area contributed by atoms with Crippen LogP contribution in [0.2, 0.25) is 0 Å². The van der Waals surface area contributed by atoms with Crippen LogP contribution < -0.4 is 5.73 Å². The monoisotopic (exact) mass is 272 g/mol. The van der Waals surface area contributed by atoms with Gasteiger partial charge in [0, 0.05) is 18.5 Å². The number of sulfonamides is 1. The molecule has 0 amide bonds. The maximum atomic E-state index is 12.3. The number of piperidine rings is 1. The van der Waals surface area contributed by atoms with E-state index in [1.165, 1.54) is 0 Å². The molecule has 0 saturated carbocycles. The van der Waals surface area contributed by atoms with E-state index in [1.54, 1.807) is 0 Å². The molecule has 0 aromatic carbocycles. The largest absolute Gasteiger partial charge is 0.393 e.